The molecule has 3 aromatic carbocycles. The second kappa shape index (κ2) is 10.6. The van der Waals surface area contributed by atoms with Gasteiger partial charge in [0.15, 0.2) is 0 Å². The molecule has 1 saturated heterocycles. The molecule has 0 spiro atoms. The zero-order valence-electron chi connectivity index (χ0n) is 20.7. The van der Waals surface area contributed by atoms with Crippen LogP contribution in [0.3, 0.4) is 0 Å². The van der Waals surface area contributed by atoms with Crippen LogP contribution < -0.4 is 9.91 Å². The second-order valence-corrected chi connectivity index (χ2v) is 10.7. The fraction of sp³-hybridized carbons (Fsp3) is 0.241. The minimum absolute atomic E-state index is 0.0946. The van der Waals surface area contributed by atoms with Gasteiger partial charge in [0, 0.05) is 41.2 Å². The van der Waals surface area contributed by atoms with Crippen LogP contribution in [0.4, 0.5) is 24.0 Å². The summed E-state index contributed by atoms with van der Waals surface area (Å²) in [6.45, 7) is 3.21. The van der Waals surface area contributed by atoms with Gasteiger partial charge in [0.05, 0.1) is 36.2 Å². The molecule has 1 unspecified atom stereocenters. The predicted octanol–water partition coefficient (Wildman–Crippen LogP) is 7.67. The largest absolute Gasteiger partial charge is 0.416 e. The number of anilines is 2. The van der Waals surface area contributed by atoms with Crippen molar-refractivity contribution < 1.29 is 17.9 Å². The fourth-order valence-corrected chi connectivity index (χ4v) is 5.78. The number of hydrogen-bond acceptors (Lipinski definition) is 6. The summed E-state index contributed by atoms with van der Waals surface area (Å²) >= 11 is 7.56. The van der Waals surface area contributed by atoms with Gasteiger partial charge in [0.1, 0.15) is 0 Å². The van der Waals surface area contributed by atoms with E-state index in [-0.39, 0.29) is 6.04 Å². The lowest BCUT2D eigenvalue weighted by Crippen LogP contribution is -2.36. The second-order valence-electron chi connectivity index (χ2n) is 9.40. The van der Waals surface area contributed by atoms with E-state index in [4.69, 9.17) is 26.4 Å². The van der Waals surface area contributed by atoms with Crippen LogP contribution in [0.1, 0.15) is 29.2 Å². The maximum Gasteiger partial charge on any atom is 0.416 e. The van der Waals surface area contributed by atoms with Crippen LogP contribution in [0.25, 0.3) is 11.3 Å². The van der Waals surface area contributed by atoms with Crippen molar-refractivity contribution in [3.8, 4) is 11.3 Å². The maximum atomic E-state index is 13.0. The summed E-state index contributed by atoms with van der Waals surface area (Å²) in [6, 6.07) is 21.1. The van der Waals surface area contributed by atoms with E-state index >= 15 is 0 Å². The van der Waals surface area contributed by atoms with Gasteiger partial charge < -0.3 is 9.64 Å². The van der Waals surface area contributed by atoms with Gasteiger partial charge in [0.25, 0.3) is 0 Å². The molecule has 1 aromatic heterocycles. The molecule has 1 fully saturated rings. The molecule has 4 aromatic rings. The number of hydrazone groups is 1. The lowest BCUT2D eigenvalue weighted by molar-refractivity contribution is -0.137. The average Bonchev–Trinajstić information content (AvgIpc) is 3.62. The molecule has 3 heterocycles. The number of ether oxygens (including phenoxy) is 1. The summed E-state index contributed by atoms with van der Waals surface area (Å²) in [5.41, 5.74) is 4.73. The Bertz CT molecular complexity index is 1460. The number of morpholine rings is 1. The van der Waals surface area contributed by atoms with Gasteiger partial charge >= 0.3 is 6.18 Å². The quantitative estimate of drug-likeness (QED) is 0.248. The van der Waals surface area contributed by atoms with Crippen LogP contribution in [-0.2, 0) is 10.9 Å². The fourth-order valence-electron chi connectivity index (χ4n) is 4.82. The van der Waals surface area contributed by atoms with Crippen LogP contribution in [-0.4, -0.2) is 37.0 Å². The summed E-state index contributed by atoms with van der Waals surface area (Å²) < 4.78 is 44.5. The van der Waals surface area contributed by atoms with E-state index in [2.05, 4.69) is 29.2 Å². The Labute approximate surface area is 233 Å². The van der Waals surface area contributed by atoms with E-state index in [1.54, 1.807) is 0 Å². The van der Waals surface area contributed by atoms with Crippen molar-refractivity contribution >= 4 is 39.5 Å². The molecule has 6 rings (SSSR count). The van der Waals surface area contributed by atoms with Crippen molar-refractivity contribution in [1.82, 2.24) is 4.98 Å². The number of alkyl halides is 3. The lowest BCUT2D eigenvalue weighted by atomic mass is 9.98. The number of halogens is 4. The molecule has 10 heteroatoms. The molecule has 200 valence electrons. The lowest BCUT2D eigenvalue weighted by Gasteiger charge is -2.28. The first-order valence-electron chi connectivity index (χ1n) is 12.5. The third kappa shape index (κ3) is 5.52. The molecular weight excluding hydrogens is 545 g/mol. The highest BCUT2D eigenvalue weighted by Gasteiger charge is 2.32. The van der Waals surface area contributed by atoms with Gasteiger partial charge in [-0.05, 0) is 47.5 Å². The monoisotopic (exact) mass is 568 g/mol. The standard InChI is InChI=1S/C29H24ClF3N4OS/c30-23-9-3-21(4-10-23)27-17-25(19-5-11-24(12-6-19)36-13-15-38-16-14-36)35-37(27)28-34-26(18-39-28)20-1-7-22(8-2-20)29(31,32)33/h1-12,18,27H,13-17H2. The molecule has 0 aliphatic carbocycles. The van der Waals surface area contributed by atoms with E-state index in [1.165, 1.54) is 23.5 Å². The number of aromatic nitrogens is 1. The summed E-state index contributed by atoms with van der Waals surface area (Å²) in [5, 5.41) is 10.1. The summed E-state index contributed by atoms with van der Waals surface area (Å²) in [7, 11) is 0. The first-order chi connectivity index (χ1) is 18.8. The first kappa shape index (κ1) is 25.9. The highest BCUT2D eigenvalue weighted by atomic mass is 35.5. The van der Waals surface area contributed by atoms with Crippen molar-refractivity contribution in [2.24, 2.45) is 5.10 Å². The van der Waals surface area contributed by atoms with Gasteiger partial charge in [-0.15, -0.1) is 11.3 Å². The molecule has 0 bridgehead atoms. The first-order valence-corrected chi connectivity index (χ1v) is 13.8. The highest BCUT2D eigenvalue weighted by molar-refractivity contribution is 7.14. The Balaban J connectivity index is 1.30. The Morgan fingerprint density at radius 2 is 1.54 bits per heavy atom. The molecular formula is C29H24ClF3N4OS. The van der Waals surface area contributed by atoms with Crippen molar-refractivity contribution in [3.63, 3.8) is 0 Å². The van der Waals surface area contributed by atoms with E-state index < -0.39 is 11.7 Å². The number of rotatable bonds is 5. The normalized spacial score (nSPS) is 17.9. The van der Waals surface area contributed by atoms with Gasteiger partial charge in [-0.2, -0.15) is 18.3 Å². The molecule has 0 radical (unpaired) electrons. The molecule has 5 nitrogen and oxygen atoms in total. The maximum absolute atomic E-state index is 13.0. The smallest absolute Gasteiger partial charge is 0.378 e. The summed E-state index contributed by atoms with van der Waals surface area (Å²) in [6.07, 6.45) is -3.70. The molecule has 2 aliphatic rings. The molecule has 39 heavy (non-hydrogen) atoms. The molecule has 0 N–H and O–H groups in total. The van der Waals surface area contributed by atoms with Crippen molar-refractivity contribution in [2.45, 2.75) is 18.6 Å². The third-order valence-corrected chi connectivity index (χ3v) is 8.02. The van der Waals surface area contributed by atoms with E-state index in [9.17, 15) is 13.2 Å². The zero-order valence-corrected chi connectivity index (χ0v) is 22.3. The Hall–Kier alpha value is -3.40. The number of thiazole rings is 1. The Morgan fingerprint density at radius 1 is 0.872 bits per heavy atom. The van der Waals surface area contributed by atoms with Gasteiger partial charge in [-0.3, -0.25) is 0 Å². The summed E-state index contributed by atoms with van der Waals surface area (Å²) in [5.74, 6) is 0. The van der Waals surface area contributed by atoms with Crippen LogP contribution >= 0.6 is 22.9 Å². The topological polar surface area (TPSA) is 41.0 Å². The number of hydrogen-bond donors (Lipinski definition) is 0. The van der Waals surface area contributed by atoms with E-state index in [0.29, 0.717) is 27.8 Å². The predicted molar refractivity (Wildman–Crippen MR) is 150 cm³/mol. The number of benzene rings is 3. The zero-order chi connectivity index (χ0) is 27.0. The van der Waals surface area contributed by atoms with Crippen LogP contribution in [0, 0.1) is 0 Å². The summed E-state index contributed by atoms with van der Waals surface area (Å²) in [4.78, 5) is 7.07. The van der Waals surface area contributed by atoms with Crippen LogP contribution in [0.5, 0.6) is 0 Å². The minimum Gasteiger partial charge on any atom is -0.378 e. The molecule has 2 aliphatic heterocycles. The third-order valence-electron chi connectivity index (χ3n) is 6.94. The van der Waals surface area contributed by atoms with Gasteiger partial charge in [-0.25, -0.2) is 9.99 Å². The van der Waals surface area contributed by atoms with Gasteiger partial charge in [-0.1, -0.05) is 48.0 Å². The number of nitrogens with zero attached hydrogens (tertiary/aromatic N) is 4. The van der Waals surface area contributed by atoms with Crippen LogP contribution in [0.2, 0.25) is 5.02 Å². The van der Waals surface area contributed by atoms with Crippen molar-refractivity contribution in [3.05, 3.63) is 99.9 Å². The van der Waals surface area contributed by atoms with Crippen molar-refractivity contribution in [2.75, 3.05) is 36.2 Å². The van der Waals surface area contributed by atoms with E-state index in [1.807, 2.05) is 34.7 Å². The minimum atomic E-state index is -4.38. The molecule has 1 atom stereocenters. The molecule has 0 saturated carbocycles. The Morgan fingerprint density at radius 3 is 2.21 bits per heavy atom. The highest BCUT2D eigenvalue weighted by Crippen LogP contribution is 2.40. The molecule has 0 amide bonds. The SMILES string of the molecule is FC(F)(F)c1ccc(-c2csc(N3N=C(c4ccc(N5CCOCC5)cc4)CC3c3ccc(Cl)cc3)n2)cc1. The van der Waals surface area contributed by atoms with Crippen molar-refractivity contribution in [1.29, 1.82) is 0 Å². The van der Waals surface area contributed by atoms with Crippen LogP contribution in [0.15, 0.2) is 83.3 Å². The van der Waals surface area contributed by atoms with E-state index in [0.717, 1.165) is 61.0 Å². The Kier molecular flexibility index (Phi) is 7.05. The average molecular weight is 569 g/mol. The van der Waals surface area contributed by atoms with Gasteiger partial charge in [0.2, 0.25) is 5.13 Å².